The summed E-state index contributed by atoms with van der Waals surface area (Å²) in [7, 11) is 0. The maximum atomic E-state index is 12.1. The Morgan fingerprint density at radius 1 is 1.26 bits per heavy atom. The smallest absolute Gasteiger partial charge is 0.275 e. The van der Waals surface area contributed by atoms with Crippen LogP contribution in [-0.2, 0) is 13.0 Å². The van der Waals surface area contributed by atoms with Crippen LogP contribution in [0.15, 0.2) is 30.5 Å². The molecule has 0 bridgehead atoms. The van der Waals surface area contributed by atoms with Crippen molar-refractivity contribution in [2.24, 2.45) is 0 Å². The number of carbonyl (C=O) groups excluding carboxylic acids is 1. The Labute approximate surface area is 116 Å². The number of aromatic nitrogens is 2. The second-order valence-corrected chi connectivity index (χ2v) is 5.09. The summed E-state index contributed by atoms with van der Waals surface area (Å²) in [4.78, 5) is 16.5. The van der Waals surface area contributed by atoms with E-state index in [2.05, 4.69) is 14.9 Å². The number of amides is 1. The maximum Gasteiger partial charge on any atom is 0.275 e. The van der Waals surface area contributed by atoms with Gasteiger partial charge >= 0.3 is 0 Å². The van der Waals surface area contributed by atoms with Crippen LogP contribution in [0.5, 0.6) is 0 Å². The normalized spacial score (nSPS) is 13.9. The van der Waals surface area contributed by atoms with E-state index in [0.717, 1.165) is 37.3 Å². The van der Waals surface area contributed by atoms with Crippen LogP contribution >= 0.6 is 11.6 Å². The first-order valence-electron chi connectivity index (χ1n) is 6.35. The third kappa shape index (κ3) is 2.63. The molecule has 1 aliphatic heterocycles. The molecule has 0 spiro atoms. The zero-order valence-corrected chi connectivity index (χ0v) is 11.2. The molecule has 1 N–H and O–H groups in total. The zero-order valence-electron chi connectivity index (χ0n) is 10.4. The van der Waals surface area contributed by atoms with E-state index in [9.17, 15) is 4.79 Å². The number of rotatable bonds is 2. The fourth-order valence-electron chi connectivity index (χ4n) is 2.25. The number of benzene rings is 1. The Kier molecular flexibility index (Phi) is 3.25. The first-order valence-corrected chi connectivity index (χ1v) is 6.73. The molecule has 0 aliphatic carbocycles. The van der Waals surface area contributed by atoms with Gasteiger partial charge in [0.15, 0.2) is 0 Å². The van der Waals surface area contributed by atoms with E-state index in [-0.39, 0.29) is 5.91 Å². The monoisotopic (exact) mass is 275 g/mol. The van der Waals surface area contributed by atoms with Crippen LogP contribution in [0.4, 0.5) is 5.69 Å². The highest BCUT2D eigenvalue weighted by atomic mass is 35.5. The quantitative estimate of drug-likeness (QED) is 0.915. The number of fused-ring (bicyclic) bond motifs is 1. The largest absolute Gasteiger partial charge is 0.334 e. The number of imidazole rings is 1. The third-order valence-corrected chi connectivity index (χ3v) is 3.50. The molecule has 0 saturated carbocycles. The van der Waals surface area contributed by atoms with Crippen molar-refractivity contribution < 1.29 is 4.79 Å². The van der Waals surface area contributed by atoms with E-state index in [1.165, 1.54) is 0 Å². The van der Waals surface area contributed by atoms with Gasteiger partial charge < -0.3 is 9.88 Å². The van der Waals surface area contributed by atoms with Gasteiger partial charge in [-0.05, 0) is 37.1 Å². The van der Waals surface area contributed by atoms with E-state index in [1.807, 2.05) is 6.20 Å². The molecule has 1 aromatic heterocycles. The average Bonchev–Trinajstić information content (AvgIpc) is 2.85. The molecule has 1 aliphatic rings. The van der Waals surface area contributed by atoms with Crippen molar-refractivity contribution in [2.45, 2.75) is 25.8 Å². The van der Waals surface area contributed by atoms with Crippen molar-refractivity contribution >= 4 is 23.2 Å². The van der Waals surface area contributed by atoms with E-state index >= 15 is 0 Å². The molecule has 0 saturated heterocycles. The number of hydrogen-bond donors (Lipinski definition) is 1. The molecule has 4 nitrogen and oxygen atoms in total. The SMILES string of the molecule is O=C(Nc1ccc(Cl)cc1)c1cn2c(n1)CCCC2. The van der Waals surface area contributed by atoms with Gasteiger partial charge in [0.1, 0.15) is 11.5 Å². The molecule has 0 fully saturated rings. The van der Waals surface area contributed by atoms with Crippen LogP contribution in [0.25, 0.3) is 0 Å². The molecular formula is C14H14ClN3O. The van der Waals surface area contributed by atoms with Crippen molar-refractivity contribution in [1.29, 1.82) is 0 Å². The van der Waals surface area contributed by atoms with Gasteiger partial charge in [0.2, 0.25) is 0 Å². The second-order valence-electron chi connectivity index (χ2n) is 4.65. The van der Waals surface area contributed by atoms with E-state index in [0.29, 0.717) is 10.7 Å². The Balaban J connectivity index is 1.76. The van der Waals surface area contributed by atoms with Gasteiger partial charge in [-0.15, -0.1) is 0 Å². The molecule has 3 rings (SSSR count). The van der Waals surface area contributed by atoms with Crippen molar-refractivity contribution in [3.8, 4) is 0 Å². The molecule has 5 heteroatoms. The van der Waals surface area contributed by atoms with Crippen LogP contribution in [0.2, 0.25) is 5.02 Å². The Morgan fingerprint density at radius 3 is 2.79 bits per heavy atom. The minimum absolute atomic E-state index is 0.177. The topological polar surface area (TPSA) is 46.9 Å². The lowest BCUT2D eigenvalue weighted by molar-refractivity contribution is 0.102. The van der Waals surface area contributed by atoms with Gasteiger partial charge in [0, 0.05) is 29.9 Å². The van der Waals surface area contributed by atoms with Crippen LogP contribution in [0, 0.1) is 0 Å². The summed E-state index contributed by atoms with van der Waals surface area (Å²) < 4.78 is 2.07. The molecule has 1 amide bonds. The molecule has 1 aromatic carbocycles. The Morgan fingerprint density at radius 2 is 2.05 bits per heavy atom. The summed E-state index contributed by atoms with van der Waals surface area (Å²) in [6, 6.07) is 7.04. The van der Waals surface area contributed by atoms with Crippen molar-refractivity contribution in [3.05, 3.63) is 47.0 Å². The van der Waals surface area contributed by atoms with E-state index in [1.54, 1.807) is 24.3 Å². The lowest BCUT2D eigenvalue weighted by Gasteiger charge is -2.11. The summed E-state index contributed by atoms with van der Waals surface area (Å²) in [5.41, 5.74) is 1.20. The highest BCUT2D eigenvalue weighted by Crippen LogP contribution is 2.17. The summed E-state index contributed by atoms with van der Waals surface area (Å²) in [6.45, 7) is 0.955. The van der Waals surface area contributed by atoms with E-state index < -0.39 is 0 Å². The minimum Gasteiger partial charge on any atom is -0.334 e. The van der Waals surface area contributed by atoms with Gasteiger partial charge in [-0.2, -0.15) is 0 Å². The molecule has 2 aromatic rings. The number of nitrogens with one attached hydrogen (secondary N) is 1. The van der Waals surface area contributed by atoms with Crippen LogP contribution in [0.1, 0.15) is 29.2 Å². The van der Waals surface area contributed by atoms with Gasteiger partial charge in [-0.3, -0.25) is 4.79 Å². The van der Waals surface area contributed by atoms with Gasteiger partial charge in [-0.25, -0.2) is 4.98 Å². The average molecular weight is 276 g/mol. The number of halogens is 1. The first-order chi connectivity index (χ1) is 9.22. The summed E-state index contributed by atoms with van der Waals surface area (Å²) in [5.74, 6) is 0.830. The van der Waals surface area contributed by atoms with Crippen molar-refractivity contribution in [2.75, 3.05) is 5.32 Å². The molecule has 98 valence electrons. The zero-order chi connectivity index (χ0) is 13.2. The number of carbonyl (C=O) groups is 1. The van der Waals surface area contributed by atoms with Crippen molar-refractivity contribution in [1.82, 2.24) is 9.55 Å². The number of aryl methyl sites for hydroxylation is 2. The molecule has 0 unspecified atom stereocenters. The fraction of sp³-hybridized carbons (Fsp3) is 0.286. The molecule has 0 atom stereocenters. The number of hydrogen-bond acceptors (Lipinski definition) is 2. The predicted octanol–water partition coefficient (Wildman–Crippen LogP) is 3.13. The summed E-state index contributed by atoms with van der Waals surface area (Å²) in [5, 5.41) is 3.47. The third-order valence-electron chi connectivity index (χ3n) is 3.24. The highest BCUT2D eigenvalue weighted by Gasteiger charge is 2.16. The predicted molar refractivity (Wildman–Crippen MR) is 74.6 cm³/mol. The van der Waals surface area contributed by atoms with Crippen LogP contribution in [-0.4, -0.2) is 15.5 Å². The molecule has 19 heavy (non-hydrogen) atoms. The Hall–Kier alpha value is -1.81. The van der Waals surface area contributed by atoms with Crippen LogP contribution < -0.4 is 5.32 Å². The lowest BCUT2D eigenvalue weighted by atomic mass is 10.2. The molecule has 0 radical (unpaired) electrons. The summed E-state index contributed by atoms with van der Waals surface area (Å²) >= 11 is 5.81. The standard InChI is InChI=1S/C14H14ClN3O/c15-10-4-6-11(7-5-10)16-14(19)12-9-18-8-2-1-3-13(18)17-12/h4-7,9H,1-3,8H2,(H,16,19). The fourth-order valence-corrected chi connectivity index (χ4v) is 2.38. The molecule has 2 heterocycles. The van der Waals surface area contributed by atoms with Crippen LogP contribution in [0.3, 0.4) is 0 Å². The number of nitrogens with zero attached hydrogens (tertiary/aromatic N) is 2. The maximum absolute atomic E-state index is 12.1. The second kappa shape index (κ2) is 5.05. The lowest BCUT2D eigenvalue weighted by Crippen LogP contribution is -2.12. The van der Waals surface area contributed by atoms with Crippen molar-refractivity contribution in [3.63, 3.8) is 0 Å². The van der Waals surface area contributed by atoms with E-state index in [4.69, 9.17) is 11.6 Å². The minimum atomic E-state index is -0.177. The Bertz CT molecular complexity index is 580. The van der Waals surface area contributed by atoms with Gasteiger partial charge in [0.25, 0.3) is 5.91 Å². The van der Waals surface area contributed by atoms with Gasteiger partial charge in [0.05, 0.1) is 0 Å². The molecular weight excluding hydrogens is 262 g/mol. The highest BCUT2D eigenvalue weighted by molar-refractivity contribution is 6.30. The van der Waals surface area contributed by atoms with Gasteiger partial charge in [-0.1, -0.05) is 11.6 Å². The first kappa shape index (κ1) is 12.2. The summed E-state index contributed by atoms with van der Waals surface area (Å²) in [6.07, 6.45) is 5.09. The number of anilines is 1.